The summed E-state index contributed by atoms with van der Waals surface area (Å²) in [6.45, 7) is 5.36. The molecule has 5 heterocycles. The van der Waals surface area contributed by atoms with Gasteiger partial charge < -0.3 is 30.0 Å². The van der Waals surface area contributed by atoms with E-state index in [0.29, 0.717) is 34.6 Å². The van der Waals surface area contributed by atoms with Crippen molar-refractivity contribution < 1.29 is 13.9 Å². The number of methoxy groups -OCH3 is 1. The van der Waals surface area contributed by atoms with E-state index in [-0.39, 0.29) is 11.2 Å². The molecule has 0 atom stereocenters. The third-order valence-corrected chi connectivity index (χ3v) is 6.84. The Bertz CT molecular complexity index is 1520. The number of hydrogen-bond donors (Lipinski definition) is 3. The van der Waals surface area contributed by atoms with Gasteiger partial charge >= 0.3 is 0 Å². The Balaban J connectivity index is 1.16. The van der Waals surface area contributed by atoms with E-state index in [9.17, 15) is 9.18 Å². The van der Waals surface area contributed by atoms with Crippen LogP contribution in [0.2, 0.25) is 0 Å². The molecule has 12 heteroatoms. The van der Waals surface area contributed by atoms with Crippen LogP contribution in [-0.2, 0) is 4.74 Å². The van der Waals surface area contributed by atoms with Gasteiger partial charge in [-0.2, -0.15) is 4.98 Å². The zero-order valence-electron chi connectivity index (χ0n) is 20.8. The molecule has 2 fully saturated rings. The number of aromatic nitrogens is 4. The van der Waals surface area contributed by atoms with Crippen LogP contribution in [0.15, 0.2) is 53.6 Å². The van der Waals surface area contributed by atoms with E-state index in [4.69, 9.17) is 9.47 Å². The number of fused-ring (bicyclic) bond motifs is 1. The molecule has 3 aromatic heterocycles. The Morgan fingerprint density at radius 2 is 1.92 bits per heavy atom. The summed E-state index contributed by atoms with van der Waals surface area (Å²) in [7, 11) is 1.60. The second-order valence-corrected chi connectivity index (χ2v) is 9.19. The Labute approximate surface area is 217 Å². The van der Waals surface area contributed by atoms with Crippen LogP contribution in [0.3, 0.4) is 0 Å². The summed E-state index contributed by atoms with van der Waals surface area (Å²) >= 11 is 0. The van der Waals surface area contributed by atoms with Crippen molar-refractivity contribution in [2.45, 2.75) is 6.04 Å². The number of rotatable bonds is 7. The number of aromatic amines is 1. The van der Waals surface area contributed by atoms with Crippen LogP contribution in [0.25, 0.3) is 10.9 Å². The van der Waals surface area contributed by atoms with E-state index in [1.54, 1.807) is 43.8 Å². The normalized spacial score (nSPS) is 16.3. The summed E-state index contributed by atoms with van der Waals surface area (Å²) in [6.07, 6.45) is 3.26. The van der Waals surface area contributed by atoms with Crippen molar-refractivity contribution in [2.75, 3.05) is 62.0 Å². The minimum atomic E-state index is -0.487. The van der Waals surface area contributed by atoms with Gasteiger partial charge in [-0.25, -0.2) is 14.4 Å². The van der Waals surface area contributed by atoms with Crippen molar-refractivity contribution in [3.8, 4) is 5.75 Å². The molecule has 6 rings (SSSR count). The predicted octanol–water partition coefficient (Wildman–Crippen LogP) is 2.87. The Kier molecular flexibility index (Phi) is 6.48. The third-order valence-electron chi connectivity index (χ3n) is 6.84. The number of pyridine rings is 2. The number of ether oxygens (including phenoxy) is 2. The summed E-state index contributed by atoms with van der Waals surface area (Å²) in [5, 5.41) is 6.69. The highest BCUT2D eigenvalue weighted by Crippen LogP contribution is 2.30. The number of anilines is 5. The van der Waals surface area contributed by atoms with Crippen LogP contribution in [0.1, 0.15) is 0 Å². The molecule has 2 aliphatic heterocycles. The zero-order chi connectivity index (χ0) is 26.1. The average Bonchev–Trinajstić information content (AvgIpc) is 2.90. The van der Waals surface area contributed by atoms with Crippen molar-refractivity contribution in [1.82, 2.24) is 24.8 Å². The molecule has 38 heavy (non-hydrogen) atoms. The molecule has 0 spiro atoms. The standard InChI is InChI=1S/C26H27FN8O3/c1-37-21-12-23(35-9-7-34(8-10-35)17-14-38-15-17)29-13-20(21)31-26-28-6-5-22(32-26)30-19-11-16-3-2-4-18(27)24(16)33-25(19)36/h2-6,11-13,17H,7-10,14-15H2,1H3,(H,33,36)(H2,28,30,31,32). The van der Waals surface area contributed by atoms with E-state index in [0.717, 1.165) is 45.2 Å². The number of para-hydroxylation sites is 1. The van der Waals surface area contributed by atoms with Gasteiger partial charge in [-0.3, -0.25) is 9.69 Å². The lowest BCUT2D eigenvalue weighted by Gasteiger charge is -2.42. The number of piperazine rings is 1. The molecule has 0 amide bonds. The van der Waals surface area contributed by atoms with Crippen molar-refractivity contribution in [3.63, 3.8) is 0 Å². The van der Waals surface area contributed by atoms with Gasteiger partial charge in [0, 0.05) is 43.8 Å². The molecular formula is C26H27FN8O3. The van der Waals surface area contributed by atoms with Crippen molar-refractivity contribution in [1.29, 1.82) is 0 Å². The molecule has 4 aromatic rings. The first-order chi connectivity index (χ1) is 18.6. The fraction of sp³-hybridized carbons (Fsp3) is 0.308. The Morgan fingerprint density at radius 1 is 1.08 bits per heavy atom. The van der Waals surface area contributed by atoms with Gasteiger partial charge in [-0.05, 0) is 18.2 Å². The van der Waals surface area contributed by atoms with Gasteiger partial charge in [-0.15, -0.1) is 0 Å². The van der Waals surface area contributed by atoms with Gasteiger partial charge in [0.15, 0.2) is 0 Å². The lowest BCUT2D eigenvalue weighted by molar-refractivity contribution is -0.0661. The number of benzene rings is 1. The molecule has 0 unspecified atom stereocenters. The summed E-state index contributed by atoms with van der Waals surface area (Å²) in [6, 6.07) is 10.3. The topological polar surface area (TPSA) is 121 Å². The van der Waals surface area contributed by atoms with Crippen molar-refractivity contribution in [2.24, 2.45) is 0 Å². The lowest BCUT2D eigenvalue weighted by Crippen LogP contribution is -2.56. The number of nitrogens with one attached hydrogen (secondary N) is 3. The van der Waals surface area contributed by atoms with E-state index in [1.807, 2.05) is 6.07 Å². The van der Waals surface area contributed by atoms with Crippen LogP contribution in [0, 0.1) is 5.82 Å². The summed E-state index contributed by atoms with van der Waals surface area (Å²) < 4.78 is 24.9. The number of hydrogen-bond acceptors (Lipinski definition) is 10. The first kappa shape index (κ1) is 24.1. The van der Waals surface area contributed by atoms with E-state index in [2.05, 4.69) is 40.4 Å². The smallest absolute Gasteiger partial charge is 0.272 e. The highest BCUT2D eigenvalue weighted by molar-refractivity contribution is 5.82. The van der Waals surface area contributed by atoms with Crippen LogP contribution >= 0.6 is 0 Å². The molecule has 0 aliphatic carbocycles. The van der Waals surface area contributed by atoms with Crippen molar-refractivity contribution >= 4 is 39.9 Å². The maximum absolute atomic E-state index is 14.0. The van der Waals surface area contributed by atoms with Gasteiger partial charge in [0.05, 0.1) is 38.1 Å². The summed E-state index contributed by atoms with van der Waals surface area (Å²) in [5.41, 5.74) is 0.545. The maximum atomic E-state index is 14.0. The minimum Gasteiger partial charge on any atom is -0.494 e. The summed E-state index contributed by atoms with van der Waals surface area (Å²) in [4.78, 5) is 33.2. The fourth-order valence-electron chi connectivity index (χ4n) is 4.65. The largest absolute Gasteiger partial charge is 0.494 e. The highest BCUT2D eigenvalue weighted by Gasteiger charge is 2.29. The van der Waals surface area contributed by atoms with Gasteiger partial charge in [0.2, 0.25) is 5.95 Å². The van der Waals surface area contributed by atoms with Crippen LogP contribution in [-0.4, -0.2) is 77.4 Å². The number of H-pyrrole nitrogens is 1. The molecule has 3 N–H and O–H groups in total. The molecule has 0 saturated carbocycles. The van der Waals surface area contributed by atoms with E-state index >= 15 is 0 Å². The quantitative estimate of drug-likeness (QED) is 0.337. The average molecular weight is 519 g/mol. The van der Waals surface area contributed by atoms with Crippen LogP contribution in [0.5, 0.6) is 5.75 Å². The molecular weight excluding hydrogens is 491 g/mol. The first-order valence-electron chi connectivity index (χ1n) is 12.4. The van der Waals surface area contributed by atoms with Crippen LogP contribution in [0.4, 0.5) is 33.3 Å². The zero-order valence-corrected chi connectivity index (χ0v) is 20.8. The minimum absolute atomic E-state index is 0.158. The second-order valence-electron chi connectivity index (χ2n) is 9.19. The second kappa shape index (κ2) is 10.2. The maximum Gasteiger partial charge on any atom is 0.272 e. The number of halogens is 1. The Hall–Kier alpha value is -4.29. The molecule has 0 radical (unpaired) electrons. The van der Waals surface area contributed by atoms with Crippen molar-refractivity contribution in [3.05, 3.63) is 65.0 Å². The molecule has 2 saturated heterocycles. The predicted molar refractivity (Wildman–Crippen MR) is 142 cm³/mol. The number of nitrogens with zero attached hydrogens (tertiary/aromatic N) is 5. The molecule has 11 nitrogen and oxygen atoms in total. The lowest BCUT2D eigenvalue weighted by atomic mass is 10.2. The van der Waals surface area contributed by atoms with E-state index in [1.165, 1.54) is 6.07 Å². The molecule has 2 aliphatic rings. The monoisotopic (exact) mass is 518 g/mol. The summed E-state index contributed by atoms with van der Waals surface area (Å²) in [5.74, 6) is 1.66. The highest BCUT2D eigenvalue weighted by atomic mass is 19.1. The van der Waals surface area contributed by atoms with Gasteiger partial charge in [0.25, 0.3) is 5.56 Å². The van der Waals surface area contributed by atoms with E-state index < -0.39 is 11.4 Å². The molecule has 1 aromatic carbocycles. The van der Waals surface area contributed by atoms with Gasteiger partial charge in [0.1, 0.15) is 34.6 Å². The van der Waals surface area contributed by atoms with Gasteiger partial charge in [-0.1, -0.05) is 12.1 Å². The first-order valence-corrected chi connectivity index (χ1v) is 12.4. The Morgan fingerprint density at radius 3 is 2.68 bits per heavy atom. The third kappa shape index (κ3) is 4.83. The fourth-order valence-corrected chi connectivity index (χ4v) is 4.65. The molecule has 0 bridgehead atoms. The molecule has 196 valence electrons. The van der Waals surface area contributed by atoms with Crippen LogP contribution < -0.4 is 25.8 Å². The SMILES string of the molecule is COc1cc(N2CCN(C3COC3)CC2)ncc1Nc1nccc(Nc2cc3cccc(F)c3[nH]c2=O)n1.